The third-order valence-electron chi connectivity index (χ3n) is 7.88. The van der Waals surface area contributed by atoms with Gasteiger partial charge in [-0.1, -0.05) is 36.3 Å². The number of aliphatic hydroxyl groups is 2. The van der Waals surface area contributed by atoms with Gasteiger partial charge in [0.25, 0.3) is 0 Å². The van der Waals surface area contributed by atoms with E-state index in [9.17, 15) is 15.5 Å². The molecule has 0 spiro atoms. The van der Waals surface area contributed by atoms with Crippen LogP contribution < -0.4 is 5.32 Å². The highest BCUT2D eigenvalue weighted by Gasteiger charge is 2.34. The van der Waals surface area contributed by atoms with Crippen molar-refractivity contribution in [1.82, 2.24) is 29.9 Å². The highest BCUT2D eigenvalue weighted by Crippen LogP contribution is 2.37. The Hall–Kier alpha value is -4.20. The van der Waals surface area contributed by atoms with Gasteiger partial charge in [-0.25, -0.2) is 14.6 Å². The second-order valence-electron chi connectivity index (χ2n) is 10.9. The molecule has 0 atom stereocenters. The first kappa shape index (κ1) is 26.0. The molecule has 2 fully saturated rings. The first-order valence-corrected chi connectivity index (χ1v) is 13.9. The summed E-state index contributed by atoms with van der Waals surface area (Å²) in [7, 11) is 0. The normalized spacial score (nSPS) is 20.2. The minimum Gasteiger partial charge on any atom is -0.393 e. The Morgan fingerprint density at radius 3 is 2.52 bits per heavy atom. The molecular weight excluding hydrogens is 504 g/mol. The van der Waals surface area contributed by atoms with Crippen LogP contribution in [0.15, 0.2) is 54.7 Å². The molecule has 40 heavy (non-hydrogen) atoms. The van der Waals surface area contributed by atoms with E-state index in [0.717, 1.165) is 62.6 Å². The predicted molar refractivity (Wildman–Crippen MR) is 149 cm³/mol. The molecule has 0 unspecified atom stereocenters. The Morgan fingerprint density at radius 2 is 1.73 bits per heavy atom. The van der Waals surface area contributed by atoms with Crippen LogP contribution in [-0.2, 0) is 12.1 Å². The lowest BCUT2D eigenvalue weighted by molar-refractivity contribution is 0.0397. The lowest BCUT2D eigenvalue weighted by atomic mass is 9.93. The molecule has 0 aliphatic heterocycles. The zero-order valence-electron chi connectivity index (χ0n) is 22.2. The summed E-state index contributed by atoms with van der Waals surface area (Å²) in [6.07, 6.45) is 8.25. The Kier molecular flexibility index (Phi) is 7.24. The van der Waals surface area contributed by atoms with Crippen molar-refractivity contribution < 1.29 is 10.2 Å². The summed E-state index contributed by atoms with van der Waals surface area (Å²) in [5.74, 6) is 0.477. The van der Waals surface area contributed by atoms with Crippen molar-refractivity contribution in [2.24, 2.45) is 0 Å². The van der Waals surface area contributed by atoms with Crippen molar-refractivity contribution in [1.29, 1.82) is 5.26 Å². The first-order valence-electron chi connectivity index (χ1n) is 13.9. The number of anilines is 1. The van der Waals surface area contributed by atoms with Gasteiger partial charge >= 0.3 is 0 Å². The van der Waals surface area contributed by atoms with E-state index in [1.165, 1.54) is 0 Å². The van der Waals surface area contributed by atoms with Gasteiger partial charge in [0.2, 0.25) is 5.95 Å². The smallest absolute Gasteiger partial charge is 0.224 e. The molecular formula is C30H32N8O2. The molecule has 10 heteroatoms. The number of nitrogens with one attached hydrogen (secondary N) is 1. The Morgan fingerprint density at radius 1 is 0.950 bits per heavy atom. The lowest BCUT2D eigenvalue weighted by Gasteiger charge is -2.26. The van der Waals surface area contributed by atoms with Crippen LogP contribution in [0.5, 0.6) is 0 Å². The number of pyridine rings is 1. The largest absolute Gasteiger partial charge is 0.393 e. The molecule has 2 saturated carbocycles. The van der Waals surface area contributed by atoms with E-state index in [2.05, 4.69) is 21.7 Å². The van der Waals surface area contributed by atoms with Gasteiger partial charge in [-0.05, 0) is 68.9 Å². The maximum absolute atomic E-state index is 11.0. The number of aromatic nitrogens is 6. The van der Waals surface area contributed by atoms with E-state index in [1.54, 1.807) is 16.8 Å². The van der Waals surface area contributed by atoms with Gasteiger partial charge in [-0.3, -0.25) is 4.98 Å². The number of benzene rings is 1. The van der Waals surface area contributed by atoms with Crippen molar-refractivity contribution >= 4 is 5.95 Å². The Balaban J connectivity index is 1.28. The number of hydrogen-bond acceptors (Lipinski definition) is 9. The van der Waals surface area contributed by atoms with Crippen molar-refractivity contribution in [2.75, 3.05) is 5.32 Å². The van der Waals surface area contributed by atoms with Crippen molar-refractivity contribution in [2.45, 2.75) is 75.7 Å². The average Bonchev–Trinajstić information content (AvgIpc) is 3.64. The van der Waals surface area contributed by atoms with Gasteiger partial charge in [0.15, 0.2) is 0 Å². The second-order valence-corrected chi connectivity index (χ2v) is 10.9. The van der Waals surface area contributed by atoms with Gasteiger partial charge < -0.3 is 15.5 Å². The summed E-state index contributed by atoms with van der Waals surface area (Å²) in [5, 5.41) is 42.4. The van der Waals surface area contributed by atoms with Crippen LogP contribution in [0, 0.1) is 11.3 Å². The number of nitrogens with zero attached hydrogens (tertiary/aromatic N) is 7. The molecule has 1 aromatic carbocycles. The zero-order chi connectivity index (χ0) is 27.5. The third-order valence-corrected chi connectivity index (χ3v) is 7.88. The first-order chi connectivity index (χ1) is 19.5. The molecule has 3 N–H and O–H groups in total. The van der Waals surface area contributed by atoms with Crippen molar-refractivity contribution in [3.8, 4) is 28.7 Å². The van der Waals surface area contributed by atoms with Crippen LogP contribution in [0.4, 0.5) is 5.95 Å². The Bertz CT molecular complexity index is 1530. The molecule has 10 nitrogen and oxygen atoms in total. The maximum atomic E-state index is 11.0. The minimum atomic E-state index is -0.844. The van der Waals surface area contributed by atoms with E-state index >= 15 is 0 Å². The van der Waals surface area contributed by atoms with Crippen LogP contribution >= 0.6 is 0 Å². The fraction of sp³-hybridized carbons (Fsp3) is 0.400. The topological polar surface area (TPSA) is 146 Å². The van der Waals surface area contributed by atoms with Crippen LogP contribution in [0.3, 0.4) is 0 Å². The average molecular weight is 537 g/mol. The third kappa shape index (κ3) is 5.71. The number of nitriles is 1. The van der Waals surface area contributed by atoms with Gasteiger partial charge in [-0.2, -0.15) is 5.26 Å². The lowest BCUT2D eigenvalue weighted by Crippen LogP contribution is -2.29. The van der Waals surface area contributed by atoms with Crippen LogP contribution in [0.1, 0.15) is 68.3 Å². The summed E-state index contributed by atoms with van der Waals surface area (Å²) in [6.45, 7) is 0.411. The number of aliphatic hydroxyl groups excluding tert-OH is 1. The van der Waals surface area contributed by atoms with Gasteiger partial charge in [0.1, 0.15) is 11.3 Å². The quantitative estimate of drug-likeness (QED) is 0.316. The highest BCUT2D eigenvalue weighted by atomic mass is 16.3. The molecule has 3 heterocycles. The predicted octanol–water partition coefficient (Wildman–Crippen LogP) is 4.19. The molecule has 0 saturated heterocycles. The summed E-state index contributed by atoms with van der Waals surface area (Å²) in [6, 6.07) is 17.3. The molecule has 4 aromatic rings. The summed E-state index contributed by atoms with van der Waals surface area (Å²) >= 11 is 0. The van der Waals surface area contributed by atoms with Crippen LogP contribution in [0.25, 0.3) is 22.6 Å². The molecule has 0 bridgehead atoms. The van der Waals surface area contributed by atoms with E-state index in [0.29, 0.717) is 40.8 Å². The summed E-state index contributed by atoms with van der Waals surface area (Å²) in [4.78, 5) is 14.3. The molecule has 0 radical (unpaired) electrons. The fourth-order valence-electron chi connectivity index (χ4n) is 5.64. The zero-order valence-corrected chi connectivity index (χ0v) is 22.2. The highest BCUT2D eigenvalue weighted by molar-refractivity contribution is 5.68. The van der Waals surface area contributed by atoms with E-state index in [-0.39, 0.29) is 12.1 Å². The minimum absolute atomic E-state index is 0.167. The fourth-order valence-corrected chi connectivity index (χ4v) is 5.64. The second kappa shape index (κ2) is 11.1. The molecule has 2 aliphatic rings. The molecule has 3 aromatic heterocycles. The van der Waals surface area contributed by atoms with Gasteiger partial charge in [0, 0.05) is 11.6 Å². The molecule has 2 aliphatic carbocycles. The Labute approximate surface area is 232 Å². The van der Waals surface area contributed by atoms with Crippen LogP contribution in [-0.4, -0.2) is 52.3 Å². The van der Waals surface area contributed by atoms with E-state index < -0.39 is 5.60 Å². The van der Waals surface area contributed by atoms with E-state index in [1.807, 2.05) is 42.6 Å². The van der Waals surface area contributed by atoms with Crippen molar-refractivity contribution in [3.05, 3.63) is 71.7 Å². The van der Waals surface area contributed by atoms with Gasteiger partial charge in [0.05, 0.1) is 53.3 Å². The molecule has 204 valence electrons. The summed E-state index contributed by atoms with van der Waals surface area (Å²) in [5.41, 5.74) is 3.91. The van der Waals surface area contributed by atoms with Gasteiger partial charge in [-0.15, -0.1) is 5.10 Å². The van der Waals surface area contributed by atoms with E-state index in [4.69, 9.17) is 15.0 Å². The van der Waals surface area contributed by atoms with Crippen LogP contribution in [0.2, 0.25) is 0 Å². The SMILES string of the molecule is N#Cc1cccc(-c2cc(-c3cn(Cc4cccc(C5(O)CCCC5)n4)nn3)nc(N[C@H]3CC[C@H](O)CC3)n2)c1. The summed E-state index contributed by atoms with van der Waals surface area (Å²) < 4.78 is 1.72. The molecule has 6 rings (SSSR count). The number of hydrogen-bond donors (Lipinski definition) is 3. The van der Waals surface area contributed by atoms with Crippen molar-refractivity contribution in [3.63, 3.8) is 0 Å². The standard InChI is InChI=1S/C30H32N8O2/c31-17-20-5-3-6-21(15-20)25-16-26(35-29(34-25)33-22-9-11-24(39)12-10-22)27-19-38(37-36-27)18-23-7-4-8-28(32-23)30(40)13-1-2-14-30/h3-8,15-16,19,22,24,39-40H,1-2,9-14,18H2,(H,33,34,35)/t22-,24-. The number of rotatable bonds is 7. The molecule has 0 amide bonds. The monoisotopic (exact) mass is 536 g/mol. The maximum Gasteiger partial charge on any atom is 0.224 e.